The van der Waals surface area contributed by atoms with Gasteiger partial charge in [-0.1, -0.05) is 23.7 Å². The van der Waals surface area contributed by atoms with Crippen LogP contribution in [0.5, 0.6) is 5.75 Å². The fourth-order valence-corrected chi connectivity index (χ4v) is 3.43. The fraction of sp³-hybridized carbons (Fsp3) is 0.409. The predicted octanol–water partition coefficient (Wildman–Crippen LogP) is 3.94. The van der Waals surface area contributed by atoms with Gasteiger partial charge in [0, 0.05) is 49.9 Å². The number of Topliss-reactive ketones (excluding diaryl/α,β-unsaturated/α-hetero) is 1. The number of halogens is 3. The molecule has 1 aliphatic heterocycles. The Hall–Kier alpha value is -1.34. The second-order valence-corrected chi connectivity index (χ2v) is 7.69. The molecule has 0 aliphatic carbocycles. The van der Waals surface area contributed by atoms with Crippen molar-refractivity contribution in [2.45, 2.75) is 19.6 Å². The van der Waals surface area contributed by atoms with Crippen LogP contribution < -0.4 is 4.74 Å². The third-order valence-electron chi connectivity index (χ3n) is 4.96. The number of nitrogens with zero attached hydrogens (tertiary/aromatic N) is 2. The molecular formula is C22H29Cl3N2O3. The van der Waals surface area contributed by atoms with E-state index in [2.05, 4.69) is 21.9 Å². The molecule has 1 saturated heterocycles. The van der Waals surface area contributed by atoms with Crippen molar-refractivity contribution in [2.24, 2.45) is 0 Å². The van der Waals surface area contributed by atoms with E-state index in [4.69, 9.17) is 16.3 Å². The number of piperazine rings is 1. The molecule has 3 rings (SSSR count). The van der Waals surface area contributed by atoms with Gasteiger partial charge < -0.3 is 9.84 Å². The number of ketones is 1. The van der Waals surface area contributed by atoms with Crippen LogP contribution in [0.25, 0.3) is 0 Å². The maximum absolute atomic E-state index is 11.3. The number of benzene rings is 2. The van der Waals surface area contributed by atoms with Gasteiger partial charge in [-0.2, -0.15) is 0 Å². The lowest BCUT2D eigenvalue weighted by atomic mass is 10.1. The van der Waals surface area contributed by atoms with Crippen LogP contribution in [-0.4, -0.2) is 66.1 Å². The van der Waals surface area contributed by atoms with Crippen LogP contribution in [0.15, 0.2) is 48.5 Å². The monoisotopic (exact) mass is 474 g/mol. The molecule has 0 bridgehead atoms. The average Bonchev–Trinajstić information content (AvgIpc) is 2.70. The van der Waals surface area contributed by atoms with Crippen LogP contribution in [-0.2, 0) is 6.54 Å². The molecule has 166 valence electrons. The van der Waals surface area contributed by atoms with Crippen molar-refractivity contribution in [2.75, 3.05) is 39.3 Å². The number of aliphatic hydroxyl groups is 1. The number of aliphatic hydroxyl groups excluding tert-OH is 1. The van der Waals surface area contributed by atoms with Crippen LogP contribution in [0.2, 0.25) is 5.02 Å². The van der Waals surface area contributed by atoms with Crippen LogP contribution in [0.3, 0.4) is 0 Å². The van der Waals surface area contributed by atoms with Gasteiger partial charge in [-0.25, -0.2) is 0 Å². The highest BCUT2D eigenvalue weighted by Gasteiger charge is 2.19. The van der Waals surface area contributed by atoms with Gasteiger partial charge in [0.05, 0.1) is 0 Å². The molecule has 1 aliphatic rings. The standard InChI is InChI=1S/C22H27ClN2O3.2ClH/c1-17(26)19-4-8-22(9-5-19)28-16-21(27)15-25-12-10-24(11-13-25)14-18-2-6-20(23)7-3-18;;/h2-9,21,27H,10-16H2,1H3;2*1H. The highest BCUT2D eigenvalue weighted by atomic mass is 35.5. The smallest absolute Gasteiger partial charge is 0.159 e. The number of carbonyl (C=O) groups excluding carboxylic acids is 1. The molecule has 0 saturated carbocycles. The quantitative estimate of drug-likeness (QED) is 0.586. The minimum atomic E-state index is -0.546. The predicted molar refractivity (Wildman–Crippen MR) is 126 cm³/mol. The molecule has 1 N–H and O–H groups in total. The van der Waals surface area contributed by atoms with Gasteiger partial charge in [0.25, 0.3) is 0 Å². The summed E-state index contributed by atoms with van der Waals surface area (Å²) in [5.41, 5.74) is 1.92. The Morgan fingerprint density at radius 1 is 1.00 bits per heavy atom. The summed E-state index contributed by atoms with van der Waals surface area (Å²) in [4.78, 5) is 16.0. The normalized spacial score (nSPS) is 15.6. The molecule has 1 fully saturated rings. The molecule has 1 unspecified atom stereocenters. The van der Waals surface area contributed by atoms with E-state index in [0.717, 1.165) is 37.7 Å². The Morgan fingerprint density at radius 3 is 2.13 bits per heavy atom. The summed E-state index contributed by atoms with van der Waals surface area (Å²) in [5, 5.41) is 11.0. The molecule has 8 heteroatoms. The molecule has 30 heavy (non-hydrogen) atoms. The van der Waals surface area contributed by atoms with Crippen molar-refractivity contribution in [1.82, 2.24) is 9.80 Å². The van der Waals surface area contributed by atoms with E-state index in [0.29, 0.717) is 17.9 Å². The highest BCUT2D eigenvalue weighted by molar-refractivity contribution is 6.30. The van der Waals surface area contributed by atoms with Crippen LogP contribution in [0.4, 0.5) is 0 Å². The summed E-state index contributed by atoms with van der Waals surface area (Å²) < 4.78 is 5.64. The van der Waals surface area contributed by atoms with Gasteiger partial charge in [-0.05, 0) is 48.9 Å². The Kier molecular flexibility index (Phi) is 11.7. The summed E-state index contributed by atoms with van der Waals surface area (Å²) in [6.07, 6.45) is -0.546. The van der Waals surface area contributed by atoms with Gasteiger partial charge >= 0.3 is 0 Å². The molecule has 2 aromatic carbocycles. The lowest BCUT2D eigenvalue weighted by Gasteiger charge is -2.35. The first-order chi connectivity index (χ1) is 13.5. The maximum atomic E-state index is 11.3. The average molecular weight is 476 g/mol. The molecule has 1 heterocycles. The van der Waals surface area contributed by atoms with Crippen molar-refractivity contribution in [3.05, 3.63) is 64.7 Å². The first-order valence-corrected chi connectivity index (χ1v) is 9.98. The van der Waals surface area contributed by atoms with Crippen molar-refractivity contribution in [3.63, 3.8) is 0 Å². The summed E-state index contributed by atoms with van der Waals surface area (Å²) in [6, 6.07) is 15.0. The first kappa shape index (κ1) is 26.7. The first-order valence-electron chi connectivity index (χ1n) is 9.60. The summed E-state index contributed by atoms with van der Waals surface area (Å²) in [7, 11) is 0. The fourth-order valence-electron chi connectivity index (χ4n) is 3.31. The Balaban J connectivity index is 0.00000225. The van der Waals surface area contributed by atoms with Crippen molar-refractivity contribution < 1.29 is 14.6 Å². The lowest BCUT2D eigenvalue weighted by Crippen LogP contribution is -2.48. The van der Waals surface area contributed by atoms with Gasteiger partial charge in [0.15, 0.2) is 5.78 Å². The molecule has 0 radical (unpaired) electrons. The van der Waals surface area contributed by atoms with Gasteiger partial charge in [-0.15, -0.1) is 24.8 Å². The Bertz CT molecular complexity index is 764. The summed E-state index contributed by atoms with van der Waals surface area (Å²) in [6.45, 7) is 7.10. The molecular weight excluding hydrogens is 447 g/mol. The third kappa shape index (κ3) is 8.42. The van der Waals surface area contributed by atoms with Gasteiger partial charge in [0.1, 0.15) is 18.5 Å². The summed E-state index contributed by atoms with van der Waals surface area (Å²) in [5.74, 6) is 0.693. The zero-order valence-electron chi connectivity index (χ0n) is 17.0. The minimum Gasteiger partial charge on any atom is -0.491 e. The van der Waals surface area contributed by atoms with E-state index in [1.54, 1.807) is 24.3 Å². The maximum Gasteiger partial charge on any atom is 0.159 e. The molecule has 1 atom stereocenters. The number of rotatable bonds is 8. The molecule has 0 amide bonds. The lowest BCUT2D eigenvalue weighted by molar-refractivity contribution is 0.0446. The minimum absolute atomic E-state index is 0. The zero-order valence-corrected chi connectivity index (χ0v) is 19.4. The molecule has 5 nitrogen and oxygen atoms in total. The zero-order chi connectivity index (χ0) is 19.9. The largest absolute Gasteiger partial charge is 0.491 e. The van der Waals surface area contributed by atoms with Gasteiger partial charge in [0.2, 0.25) is 0 Å². The van der Waals surface area contributed by atoms with Crippen LogP contribution in [0, 0.1) is 0 Å². The van der Waals surface area contributed by atoms with E-state index in [1.807, 2.05) is 12.1 Å². The SMILES string of the molecule is CC(=O)c1ccc(OCC(O)CN2CCN(Cc3ccc(Cl)cc3)CC2)cc1.Cl.Cl. The van der Waals surface area contributed by atoms with E-state index < -0.39 is 6.10 Å². The van der Waals surface area contributed by atoms with E-state index in [9.17, 15) is 9.90 Å². The number of ether oxygens (including phenoxy) is 1. The van der Waals surface area contributed by atoms with Crippen molar-refractivity contribution >= 4 is 42.2 Å². The Labute approximate surface area is 195 Å². The second kappa shape index (κ2) is 13.2. The van der Waals surface area contributed by atoms with Crippen LogP contribution >= 0.6 is 36.4 Å². The highest BCUT2D eigenvalue weighted by Crippen LogP contribution is 2.14. The molecule has 2 aromatic rings. The Morgan fingerprint density at radius 2 is 1.57 bits per heavy atom. The van der Waals surface area contributed by atoms with Crippen molar-refractivity contribution in [3.8, 4) is 5.75 Å². The summed E-state index contributed by atoms with van der Waals surface area (Å²) >= 11 is 5.94. The number of β-amino-alcohol motifs (C(OH)–C–C–N with tert-alkyl or cyclic N) is 1. The van der Waals surface area contributed by atoms with E-state index in [1.165, 1.54) is 12.5 Å². The topological polar surface area (TPSA) is 53.0 Å². The number of carbonyl (C=O) groups is 1. The second-order valence-electron chi connectivity index (χ2n) is 7.25. The van der Waals surface area contributed by atoms with Crippen molar-refractivity contribution in [1.29, 1.82) is 0 Å². The van der Waals surface area contributed by atoms with E-state index >= 15 is 0 Å². The van der Waals surface area contributed by atoms with Gasteiger partial charge in [-0.3, -0.25) is 14.6 Å². The number of hydrogen-bond acceptors (Lipinski definition) is 5. The van der Waals surface area contributed by atoms with Crippen LogP contribution in [0.1, 0.15) is 22.8 Å². The number of hydrogen-bond donors (Lipinski definition) is 1. The molecule has 0 spiro atoms. The molecule has 0 aromatic heterocycles. The third-order valence-corrected chi connectivity index (χ3v) is 5.21. The van der Waals surface area contributed by atoms with E-state index in [-0.39, 0.29) is 37.2 Å².